The van der Waals surface area contributed by atoms with E-state index in [1.54, 1.807) is 29.4 Å². The molecule has 5 heteroatoms. The van der Waals surface area contributed by atoms with Gasteiger partial charge in [-0.25, -0.2) is 9.97 Å². The Hall–Kier alpha value is -1.90. The average molecular weight is 311 g/mol. The van der Waals surface area contributed by atoms with Gasteiger partial charge in [0.25, 0.3) is 0 Å². The Morgan fingerprint density at radius 1 is 1.24 bits per heavy atom. The zero-order valence-electron chi connectivity index (χ0n) is 11.5. The molecule has 0 saturated carbocycles. The van der Waals surface area contributed by atoms with Crippen molar-refractivity contribution in [2.75, 3.05) is 5.75 Å². The summed E-state index contributed by atoms with van der Waals surface area (Å²) in [5, 5.41) is 12.9. The molecule has 3 rings (SSSR count). The van der Waals surface area contributed by atoms with Crippen molar-refractivity contribution in [3.8, 4) is 17.2 Å². The molecule has 0 atom stereocenters. The van der Waals surface area contributed by atoms with Crippen molar-refractivity contribution in [1.82, 2.24) is 9.97 Å². The van der Waals surface area contributed by atoms with E-state index in [0.29, 0.717) is 6.42 Å². The van der Waals surface area contributed by atoms with Crippen LogP contribution in [0, 0.1) is 18.3 Å². The van der Waals surface area contributed by atoms with Crippen LogP contribution < -0.4 is 0 Å². The maximum absolute atomic E-state index is 8.68. The number of benzene rings is 1. The number of nitrogens with zero attached hydrogens (tertiary/aromatic N) is 3. The van der Waals surface area contributed by atoms with Gasteiger partial charge in [-0.05, 0) is 12.5 Å². The predicted octanol–water partition coefficient (Wildman–Crippen LogP) is 4.67. The third-order valence-corrected chi connectivity index (χ3v) is 5.03. The summed E-state index contributed by atoms with van der Waals surface area (Å²) in [6.07, 6.45) is 2.13. The van der Waals surface area contributed by atoms with E-state index in [0.717, 1.165) is 21.0 Å². The summed E-state index contributed by atoms with van der Waals surface area (Å²) in [4.78, 5) is 9.77. The SMILES string of the molecule is Cc1ccc(-c2csc3ncnc(SCCC#N)c23)cc1. The minimum Gasteiger partial charge on any atom is -0.229 e. The lowest BCUT2D eigenvalue weighted by molar-refractivity contribution is 1.10. The quantitative estimate of drug-likeness (QED) is 0.399. The van der Waals surface area contributed by atoms with Gasteiger partial charge in [0.1, 0.15) is 16.2 Å². The lowest BCUT2D eigenvalue weighted by Crippen LogP contribution is -1.87. The fourth-order valence-electron chi connectivity index (χ4n) is 2.10. The van der Waals surface area contributed by atoms with Gasteiger partial charge in [0.2, 0.25) is 0 Å². The number of aromatic nitrogens is 2. The number of rotatable bonds is 4. The van der Waals surface area contributed by atoms with E-state index < -0.39 is 0 Å². The molecule has 0 amide bonds. The van der Waals surface area contributed by atoms with E-state index in [-0.39, 0.29) is 0 Å². The van der Waals surface area contributed by atoms with Crippen LogP contribution in [0.15, 0.2) is 41.0 Å². The standard InChI is InChI=1S/C16H13N3S2/c1-11-3-5-12(6-4-11)13-9-21-16-14(13)15(18-10-19-16)20-8-2-7-17/h3-6,9-10H,2,8H2,1H3. The van der Waals surface area contributed by atoms with Crippen LogP contribution in [-0.4, -0.2) is 15.7 Å². The highest BCUT2D eigenvalue weighted by atomic mass is 32.2. The van der Waals surface area contributed by atoms with Crippen molar-refractivity contribution >= 4 is 33.3 Å². The number of nitriles is 1. The van der Waals surface area contributed by atoms with Gasteiger partial charge in [0, 0.05) is 23.1 Å². The van der Waals surface area contributed by atoms with E-state index in [1.165, 1.54) is 16.7 Å². The third-order valence-electron chi connectivity index (χ3n) is 3.15. The Balaban J connectivity index is 2.07. The summed E-state index contributed by atoms with van der Waals surface area (Å²) < 4.78 is 0. The first kappa shape index (κ1) is 14.1. The normalized spacial score (nSPS) is 10.7. The van der Waals surface area contributed by atoms with E-state index in [2.05, 4.69) is 52.6 Å². The Morgan fingerprint density at radius 2 is 2.05 bits per heavy atom. The van der Waals surface area contributed by atoms with Gasteiger partial charge in [-0.2, -0.15) is 5.26 Å². The lowest BCUT2D eigenvalue weighted by atomic mass is 10.1. The van der Waals surface area contributed by atoms with Gasteiger partial charge in [-0.3, -0.25) is 0 Å². The van der Waals surface area contributed by atoms with E-state index >= 15 is 0 Å². The molecule has 0 fully saturated rings. The van der Waals surface area contributed by atoms with Crippen molar-refractivity contribution in [1.29, 1.82) is 5.26 Å². The second kappa shape index (κ2) is 6.25. The first-order valence-corrected chi connectivity index (χ1v) is 8.45. The van der Waals surface area contributed by atoms with Gasteiger partial charge < -0.3 is 0 Å². The molecule has 2 heterocycles. The van der Waals surface area contributed by atoms with Crippen molar-refractivity contribution in [2.45, 2.75) is 18.4 Å². The molecule has 0 aliphatic rings. The van der Waals surface area contributed by atoms with Crippen LogP contribution in [-0.2, 0) is 0 Å². The molecule has 0 aliphatic carbocycles. The molecular formula is C16H13N3S2. The van der Waals surface area contributed by atoms with Crippen LogP contribution >= 0.6 is 23.1 Å². The zero-order chi connectivity index (χ0) is 14.7. The van der Waals surface area contributed by atoms with Crippen LogP contribution in [0.5, 0.6) is 0 Å². The first-order chi connectivity index (χ1) is 10.3. The molecule has 104 valence electrons. The molecule has 2 aromatic heterocycles. The molecule has 0 radical (unpaired) electrons. The van der Waals surface area contributed by atoms with Gasteiger partial charge in [-0.15, -0.1) is 23.1 Å². The number of hydrogen-bond donors (Lipinski definition) is 0. The fourth-order valence-corrected chi connectivity index (χ4v) is 3.94. The van der Waals surface area contributed by atoms with Crippen molar-refractivity contribution in [2.24, 2.45) is 0 Å². The van der Waals surface area contributed by atoms with Crippen LogP contribution in [0.4, 0.5) is 0 Å². The van der Waals surface area contributed by atoms with Gasteiger partial charge in [0.15, 0.2) is 0 Å². The van der Waals surface area contributed by atoms with Gasteiger partial charge >= 0.3 is 0 Å². The van der Waals surface area contributed by atoms with Crippen molar-refractivity contribution in [3.05, 3.63) is 41.5 Å². The molecule has 0 unspecified atom stereocenters. The molecule has 0 N–H and O–H groups in total. The predicted molar refractivity (Wildman–Crippen MR) is 88.5 cm³/mol. The topological polar surface area (TPSA) is 49.6 Å². The summed E-state index contributed by atoms with van der Waals surface area (Å²) in [5.74, 6) is 0.756. The molecule has 3 nitrogen and oxygen atoms in total. The minimum atomic E-state index is 0.528. The smallest absolute Gasteiger partial charge is 0.128 e. The summed E-state index contributed by atoms with van der Waals surface area (Å²) in [5.41, 5.74) is 3.61. The minimum absolute atomic E-state index is 0.528. The molecule has 0 spiro atoms. The molecule has 0 bridgehead atoms. The summed E-state index contributed by atoms with van der Waals surface area (Å²) in [6, 6.07) is 10.7. The van der Waals surface area contributed by atoms with Gasteiger partial charge in [0.05, 0.1) is 11.5 Å². The fraction of sp³-hybridized carbons (Fsp3) is 0.188. The molecule has 0 saturated heterocycles. The molecule has 21 heavy (non-hydrogen) atoms. The Kier molecular flexibility index (Phi) is 4.18. The number of fused-ring (bicyclic) bond motifs is 1. The van der Waals surface area contributed by atoms with Gasteiger partial charge in [-0.1, -0.05) is 29.8 Å². The van der Waals surface area contributed by atoms with Crippen LogP contribution in [0.2, 0.25) is 0 Å². The van der Waals surface area contributed by atoms with E-state index in [4.69, 9.17) is 5.26 Å². The number of thioether (sulfide) groups is 1. The summed E-state index contributed by atoms with van der Waals surface area (Å²) >= 11 is 3.26. The second-order valence-electron chi connectivity index (χ2n) is 4.63. The second-order valence-corrected chi connectivity index (χ2v) is 6.57. The summed E-state index contributed by atoms with van der Waals surface area (Å²) in [6.45, 7) is 2.09. The number of thiophene rings is 1. The third kappa shape index (κ3) is 2.92. The van der Waals surface area contributed by atoms with Crippen LogP contribution in [0.3, 0.4) is 0 Å². The maximum atomic E-state index is 8.68. The molecule has 3 aromatic rings. The highest BCUT2D eigenvalue weighted by Crippen LogP contribution is 2.37. The highest BCUT2D eigenvalue weighted by Gasteiger charge is 2.13. The average Bonchev–Trinajstić information content (AvgIpc) is 2.93. The molecule has 0 aliphatic heterocycles. The summed E-state index contributed by atoms with van der Waals surface area (Å²) in [7, 11) is 0. The monoisotopic (exact) mass is 311 g/mol. The Labute approximate surface area is 131 Å². The molecule has 1 aromatic carbocycles. The zero-order valence-corrected chi connectivity index (χ0v) is 13.2. The van der Waals surface area contributed by atoms with Crippen molar-refractivity contribution < 1.29 is 0 Å². The maximum Gasteiger partial charge on any atom is 0.128 e. The number of hydrogen-bond acceptors (Lipinski definition) is 5. The lowest BCUT2D eigenvalue weighted by Gasteiger charge is -2.04. The van der Waals surface area contributed by atoms with Crippen LogP contribution in [0.25, 0.3) is 21.3 Å². The first-order valence-electron chi connectivity index (χ1n) is 6.58. The molecular weight excluding hydrogens is 298 g/mol. The number of aryl methyl sites for hydroxylation is 1. The Bertz CT molecular complexity index is 800. The van der Waals surface area contributed by atoms with Crippen LogP contribution in [0.1, 0.15) is 12.0 Å². The highest BCUT2D eigenvalue weighted by molar-refractivity contribution is 7.99. The largest absolute Gasteiger partial charge is 0.229 e. The van der Waals surface area contributed by atoms with E-state index in [1.807, 2.05) is 0 Å². The Morgan fingerprint density at radius 3 is 2.81 bits per heavy atom. The van der Waals surface area contributed by atoms with Crippen molar-refractivity contribution in [3.63, 3.8) is 0 Å². The van der Waals surface area contributed by atoms with E-state index in [9.17, 15) is 0 Å².